The van der Waals surface area contributed by atoms with Crippen LogP contribution in [0, 0.1) is 0 Å². The number of carbonyl (C=O) groups excluding carboxylic acids is 1. The first-order valence-electron chi connectivity index (χ1n) is 8.61. The van der Waals surface area contributed by atoms with Gasteiger partial charge in [-0.25, -0.2) is 0 Å². The summed E-state index contributed by atoms with van der Waals surface area (Å²) in [5, 5.41) is 16.4. The van der Waals surface area contributed by atoms with Crippen LogP contribution in [0.2, 0.25) is 0 Å². The summed E-state index contributed by atoms with van der Waals surface area (Å²) in [7, 11) is 0. The Bertz CT molecular complexity index is 683. The number of pyridine rings is 1. The Morgan fingerprint density at radius 2 is 2.28 bits per heavy atom. The Morgan fingerprint density at radius 3 is 2.96 bits per heavy atom. The Labute approximate surface area is 146 Å². The fourth-order valence-corrected chi connectivity index (χ4v) is 2.86. The van der Waals surface area contributed by atoms with E-state index in [4.69, 9.17) is 4.52 Å². The predicted octanol–water partition coefficient (Wildman–Crippen LogP) is 1.10. The van der Waals surface area contributed by atoms with Crippen molar-refractivity contribution in [2.75, 3.05) is 19.6 Å². The first-order valence-corrected chi connectivity index (χ1v) is 8.61. The van der Waals surface area contributed by atoms with Crippen LogP contribution in [0.3, 0.4) is 0 Å². The molecular weight excluding hydrogens is 322 g/mol. The third kappa shape index (κ3) is 4.61. The van der Waals surface area contributed by atoms with Crippen LogP contribution in [-0.2, 0) is 0 Å². The van der Waals surface area contributed by atoms with Gasteiger partial charge in [0.25, 0.3) is 17.6 Å². The van der Waals surface area contributed by atoms with Crippen LogP contribution in [0.5, 0.6) is 0 Å². The van der Waals surface area contributed by atoms with E-state index in [2.05, 4.69) is 25.3 Å². The predicted molar refractivity (Wildman–Crippen MR) is 90.8 cm³/mol. The molecule has 2 aromatic heterocycles. The van der Waals surface area contributed by atoms with Crippen molar-refractivity contribution in [2.24, 2.45) is 0 Å². The normalized spacial score (nSPS) is 17.4. The molecule has 1 aliphatic rings. The number of hydrogen-bond acceptors (Lipinski definition) is 7. The van der Waals surface area contributed by atoms with Gasteiger partial charge in [0.2, 0.25) is 0 Å². The summed E-state index contributed by atoms with van der Waals surface area (Å²) in [5.41, 5.74) is 0.678. The molecular formula is C17H23N5O3. The van der Waals surface area contributed by atoms with Gasteiger partial charge in [0.05, 0.1) is 11.7 Å². The van der Waals surface area contributed by atoms with Crippen molar-refractivity contribution in [1.82, 2.24) is 25.3 Å². The van der Waals surface area contributed by atoms with Crippen molar-refractivity contribution in [2.45, 2.75) is 38.3 Å². The molecule has 1 aliphatic heterocycles. The standard InChI is InChI=1S/C17H23N5O3/c1-2-14(23)11-22-8-5-13(6-9-22)19-16(24)15-20-17(25-21-15)12-4-3-7-18-10-12/h3-4,7,10,13-14,23H,2,5-6,8-9,11H2,1H3,(H,19,24). The molecule has 25 heavy (non-hydrogen) atoms. The summed E-state index contributed by atoms with van der Waals surface area (Å²) in [4.78, 5) is 22.7. The van der Waals surface area contributed by atoms with Crippen LogP contribution < -0.4 is 5.32 Å². The number of β-amino-alcohol motifs (C(OH)–C–C–N with tert-alkyl or cyclic N) is 1. The molecule has 1 atom stereocenters. The number of nitrogens with zero attached hydrogens (tertiary/aromatic N) is 4. The number of carbonyl (C=O) groups is 1. The zero-order valence-corrected chi connectivity index (χ0v) is 14.3. The largest absolute Gasteiger partial charge is 0.392 e. The van der Waals surface area contributed by atoms with Gasteiger partial charge in [-0.1, -0.05) is 12.1 Å². The molecule has 0 radical (unpaired) electrons. The maximum Gasteiger partial charge on any atom is 0.292 e. The minimum atomic E-state index is -0.328. The number of rotatable bonds is 6. The maximum atomic E-state index is 12.3. The molecule has 0 saturated carbocycles. The van der Waals surface area contributed by atoms with Crippen LogP contribution in [0.4, 0.5) is 0 Å². The Hall–Kier alpha value is -2.32. The molecule has 3 rings (SSSR count). The van der Waals surface area contributed by atoms with E-state index in [0.717, 1.165) is 32.4 Å². The van der Waals surface area contributed by atoms with Crippen molar-refractivity contribution >= 4 is 5.91 Å². The van der Waals surface area contributed by atoms with Crippen molar-refractivity contribution in [3.63, 3.8) is 0 Å². The van der Waals surface area contributed by atoms with E-state index >= 15 is 0 Å². The van der Waals surface area contributed by atoms with E-state index in [0.29, 0.717) is 12.1 Å². The second kappa shape index (κ2) is 8.17. The molecule has 1 amide bonds. The number of nitrogens with one attached hydrogen (secondary N) is 1. The lowest BCUT2D eigenvalue weighted by molar-refractivity contribution is 0.0810. The van der Waals surface area contributed by atoms with Crippen LogP contribution in [-0.4, -0.2) is 62.8 Å². The first-order chi connectivity index (χ1) is 12.2. The molecule has 2 N–H and O–H groups in total. The highest BCUT2D eigenvalue weighted by Gasteiger charge is 2.24. The number of aliphatic hydroxyl groups excluding tert-OH is 1. The smallest absolute Gasteiger partial charge is 0.292 e. The third-order valence-electron chi connectivity index (χ3n) is 4.40. The van der Waals surface area contributed by atoms with E-state index in [9.17, 15) is 9.90 Å². The summed E-state index contributed by atoms with van der Waals surface area (Å²) < 4.78 is 5.14. The molecule has 0 aliphatic carbocycles. The minimum Gasteiger partial charge on any atom is -0.392 e. The molecule has 1 saturated heterocycles. The minimum absolute atomic E-state index is 0.0303. The number of piperidine rings is 1. The topological polar surface area (TPSA) is 104 Å². The monoisotopic (exact) mass is 345 g/mol. The molecule has 0 aromatic carbocycles. The number of aliphatic hydroxyl groups is 1. The van der Waals surface area contributed by atoms with E-state index in [-0.39, 0.29) is 29.8 Å². The lowest BCUT2D eigenvalue weighted by Gasteiger charge is -2.33. The fraction of sp³-hybridized carbons (Fsp3) is 0.529. The lowest BCUT2D eigenvalue weighted by atomic mass is 10.0. The van der Waals surface area contributed by atoms with Crippen molar-refractivity contribution < 1.29 is 14.4 Å². The summed E-state index contributed by atoms with van der Waals surface area (Å²) >= 11 is 0. The summed E-state index contributed by atoms with van der Waals surface area (Å²) in [6, 6.07) is 3.65. The van der Waals surface area contributed by atoms with Gasteiger partial charge in [0.1, 0.15) is 0 Å². The quantitative estimate of drug-likeness (QED) is 0.807. The van der Waals surface area contributed by atoms with Gasteiger partial charge in [0.15, 0.2) is 0 Å². The highest BCUT2D eigenvalue weighted by Crippen LogP contribution is 2.16. The fourth-order valence-electron chi connectivity index (χ4n) is 2.86. The zero-order valence-electron chi connectivity index (χ0n) is 14.3. The average Bonchev–Trinajstić information content (AvgIpc) is 3.14. The lowest BCUT2D eigenvalue weighted by Crippen LogP contribution is -2.46. The van der Waals surface area contributed by atoms with E-state index in [1.807, 2.05) is 6.92 Å². The van der Waals surface area contributed by atoms with Gasteiger partial charge in [-0.05, 0) is 31.4 Å². The molecule has 0 bridgehead atoms. The Morgan fingerprint density at radius 1 is 1.48 bits per heavy atom. The van der Waals surface area contributed by atoms with Gasteiger partial charge >= 0.3 is 0 Å². The number of amides is 1. The van der Waals surface area contributed by atoms with Gasteiger partial charge in [0, 0.05) is 38.1 Å². The Balaban J connectivity index is 1.51. The van der Waals surface area contributed by atoms with Crippen LogP contribution in [0.25, 0.3) is 11.5 Å². The summed E-state index contributed by atoms with van der Waals surface area (Å²) in [5.74, 6) is -0.0183. The molecule has 134 valence electrons. The van der Waals surface area contributed by atoms with Gasteiger partial charge in [-0.3, -0.25) is 9.78 Å². The molecule has 2 aromatic rings. The molecule has 1 unspecified atom stereocenters. The van der Waals surface area contributed by atoms with Crippen molar-refractivity contribution in [3.8, 4) is 11.5 Å². The van der Waals surface area contributed by atoms with E-state index in [1.165, 1.54) is 0 Å². The molecule has 0 spiro atoms. The number of aromatic nitrogens is 3. The second-order valence-electron chi connectivity index (χ2n) is 6.28. The first kappa shape index (κ1) is 17.5. The maximum absolute atomic E-state index is 12.3. The van der Waals surface area contributed by atoms with Crippen molar-refractivity contribution in [1.29, 1.82) is 0 Å². The SMILES string of the molecule is CCC(O)CN1CCC(NC(=O)c2noc(-c3cccnc3)n2)CC1. The van der Waals surface area contributed by atoms with Crippen molar-refractivity contribution in [3.05, 3.63) is 30.4 Å². The Kier molecular flexibility index (Phi) is 5.72. The summed E-state index contributed by atoms with van der Waals surface area (Å²) in [6.07, 6.45) is 5.42. The molecule has 8 heteroatoms. The number of hydrogen-bond donors (Lipinski definition) is 2. The zero-order chi connectivity index (χ0) is 17.6. The second-order valence-corrected chi connectivity index (χ2v) is 6.28. The van der Waals surface area contributed by atoms with E-state index < -0.39 is 0 Å². The average molecular weight is 345 g/mol. The third-order valence-corrected chi connectivity index (χ3v) is 4.40. The van der Waals surface area contributed by atoms with Gasteiger partial charge in [-0.2, -0.15) is 4.98 Å². The summed E-state index contributed by atoms with van der Waals surface area (Å²) in [6.45, 7) is 4.38. The van der Waals surface area contributed by atoms with Gasteiger partial charge in [-0.15, -0.1) is 0 Å². The van der Waals surface area contributed by atoms with E-state index in [1.54, 1.807) is 24.5 Å². The highest BCUT2D eigenvalue weighted by atomic mass is 16.5. The molecule has 1 fully saturated rings. The molecule has 3 heterocycles. The van der Waals surface area contributed by atoms with Crippen LogP contribution >= 0.6 is 0 Å². The highest BCUT2D eigenvalue weighted by molar-refractivity contribution is 5.90. The van der Waals surface area contributed by atoms with Gasteiger partial charge < -0.3 is 19.8 Å². The van der Waals surface area contributed by atoms with Crippen LogP contribution in [0.1, 0.15) is 36.8 Å². The number of likely N-dealkylation sites (tertiary alicyclic amines) is 1. The van der Waals surface area contributed by atoms with Crippen LogP contribution in [0.15, 0.2) is 29.0 Å². The molecule has 8 nitrogen and oxygen atoms in total.